The maximum absolute atomic E-state index is 13.7. The van der Waals surface area contributed by atoms with Crippen LogP contribution in [-0.4, -0.2) is 14.2 Å². The van der Waals surface area contributed by atoms with Gasteiger partial charge in [0.25, 0.3) is 0 Å². The Bertz CT molecular complexity index is 587. The molecule has 2 aromatic carbocycles. The van der Waals surface area contributed by atoms with Gasteiger partial charge in [-0.15, -0.1) is 0 Å². The minimum Gasteiger partial charge on any atom is -0.497 e. The van der Waals surface area contributed by atoms with E-state index in [0.717, 1.165) is 12.1 Å². The molecule has 0 saturated carbocycles. The second-order valence-corrected chi connectivity index (χ2v) is 4.09. The molecule has 0 aliphatic heterocycles. The van der Waals surface area contributed by atoms with Crippen molar-refractivity contribution in [1.29, 1.82) is 0 Å². The number of hydrogen-bond donors (Lipinski definition) is 2. The summed E-state index contributed by atoms with van der Waals surface area (Å²) in [7, 11) is 2.98. The van der Waals surface area contributed by atoms with Crippen LogP contribution >= 0.6 is 0 Å². The van der Waals surface area contributed by atoms with Gasteiger partial charge < -0.3 is 20.5 Å². The number of nitrogens with one attached hydrogen (secondary N) is 1. The van der Waals surface area contributed by atoms with Gasteiger partial charge in [-0.2, -0.15) is 0 Å². The van der Waals surface area contributed by atoms with Crippen LogP contribution in [0.15, 0.2) is 30.3 Å². The van der Waals surface area contributed by atoms with Gasteiger partial charge in [0.15, 0.2) is 11.6 Å². The highest BCUT2D eigenvalue weighted by Gasteiger charge is 2.11. The Morgan fingerprint density at radius 3 is 1.85 bits per heavy atom. The Kier molecular flexibility index (Phi) is 3.93. The molecule has 20 heavy (non-hydrogen) atoms. The van der Waals surface area contributed by atoms with E-state index in [1.54, 1.807) is 18.2 Å². The summed E-state index contributed by atoms with van der Waals surface area (Å²) in [6.07, 6.45) is 0. The first kappa shape index (κ1) is 13.9. The second-order valence-electron chi connectivity index (χ2n) is 4.09. The molecule has 0 radical (unpaired) electrons. The van der Waals surface area contributed by atoms with Crippen LogP contribution in [0.4, 0.5) is 25.8 Å². The standard InChI is InChI=1S/C14H14F2N2O2/c1-19-10-5-9(6-11(7-10)20-2)18-14-12(15)3-8(17)4-13(14)16/h3-7,18H,17H2,1-2H3. The van der Waals surface area contributed by atoms with Crippen LogP contribution in [-0.2, 0) is 0 Å². The van der Waals surface area contributed by atoms with Gasteiger partial charge in [-0.25, -0.2) is 8.78 Å². The second kappa shape index (κ2) is 5.64. The van der Waals surface area contributed by atoms with Crippen molar-refractivity contribution in [1.82, 2.24) is 0 Å². The van der Waals surface area contributed by atoms with Gasteiger partial charge in [0, 0.05) is 29.6 Å². The molecule has 3 N–H and O–H groups in total. The summed E-state index contributed by atoms with van der Waals surface area (Å²) in [5, 5.41) is 2.65. The molecule has 2 rings (SSSR count). The fourth-order valence-electron chi connectivity index (χ4n) is 1.74. The largest absolute Gasteiger partial charge is 0.497 e. The minimum absolute atomic E-state index is 0.0220. The Hall–Kier alpha value is -2.50. The smallest absolute Gasteiger partial charge is 0.151 e. The summed E-state index contributed by atoms with van der Waals surface area (Å²) in [5.74, 6) is -0.542. The highest BCUT2D eigenvalue weighted by Crippen LogP contribution is 2.30. The number of hydrogen-bond acceptors (Lipinski definition) is 4. The first-order valence-corrected chi connectivity index (χ1v) is 5.78. The molecule has 0 unspecified atom stereocenters. The van der Waals surface area contributed by atoms with Gasteiger partial charge in [0.1, 0.15) is 17.2 Å². The minimum atomic E-state index is -0.774. The lowest BCUT2D eigenvalue weighted by Crippen LogP contribution is -2.00. The zero-order valence-corrected chi connectivity index (χ0v) is 11.0. The summed E-state index contributed by atoms with van der Waals surface area (Å²) in [5.41, 5.74) is 5.54. The van der Waals surface area contributed by atoms with Gasteiger partial charge in [0.2, 0.25) is 0 Å². The maximum atomic E-state index is 13.7. The van der Waals surface area contributed by atoms with E-state index in [-0.39, 0.29) is 11.4 Å². The van der Waals surface area contributed by atoms with Crippen molar-refractivity contribution >= 4 is 17.1 Å². The van der Waals surface area contributed by atoms with Gasteiger partial charge in [-0.1, -0.05) is 0 Å². The van der Waals surface area contributed by atoms with E-state index in [0.29, 0.717) is 17.2 Å². The van der Waals surface area contributed by atoms with Gasteiger partial charge in [0.05, 0.1) is 14.2 Å². The molecule has 0 heterocycles. The first-order chi connectivity index (χ1) is 9.53. The fraction of sp³-hybridized carbons (Fsp3) is 0.143. The number of rotatable bonds is 4. The monoisotopic (exact) mass is 280 g/mol. The molecular weight excluding hydrogens is 266 g/mol. The van der Waals surface area contributed by atoms with Crippen molar-refractivity contribution in [3.05, 3.63) is 42.0 Å². The number of nitrogens with two attached hydrogens (primary N) is 1. The zero-order valence-electron chi connectivity index (χ0n) is 11.0. The summed E-state index contributed by atoms with van der Waals surface area (Å²) in [4.78, 5) is 0. The molecule has 106 valence electrons. The number of nitrogen functional groups attached to an aromatic ring is 1. The predicted molar refractivity (Wildman–Crippen MR) is 73.6 cm³/mol. The fourth-order valence-corrected chi connectivity index (χ4v) is 1.74. The number of benzene rings is 2. The molecule has 0 bridgehead atoms. The summed E-state index contributed by atoms with van der Waals surface area (Å²) < 4.78 is 37.6. The van der Waals surface area contributed by atoms with Crippen molar-refractivity contribution in [2.45, 2.75) is 0 Å². The van der Waals surface area contributed by atoms with Crippen LogP contribution in [0.1, 0.15) is 0 Å². The van der Waals surface area contributed by atoms with E-state index >= 15 is 0 Å². The molecule has 0 atom stereocenters. The molecule has 0 saturated heterocycles. The third kappa shape index (κ3) is 2.90. The van der Waals surface area contributed by atoms with Crippen LogP contribution in [0.5, 0.6) is 11.5 Å². The average molecular weight is 280 g/mol. The summed E-state index contributed by atoms with van der Waals surface area (Å²) in [6.45, 7) is 0. The highest BCUT2D eigenvalue weighted by molar-refractivity contribution is 5.66. The van der Waals surface area contributed by atoms with Crippen molar-refractivity contribution in [2.24, 2.45) is 0 Å². The molecular formula is C14H14F2N2O2. The Balaban J connectivity index is 2.39. The number of halogens is 2. The summed E-state index contributed by atoms with van der Waals surface area (Å²) in [6, 6.07) is 6.93. The van der Waals surface area contributed by atoms with Crippen LogP contribution in [0.25, 0.3) is 0 Å². The SMILES string of the molecule is COc1cc(Nc2c(F)cc(N)cc2F)cc(OC)c1. The normalized spacial score (nSPS) is 10.2. The number of ether oxygens (including phenoxy) is 2. The lowest BCUT2D eigenvalue weighted by molar-refractivity contribution is 0.395. The molecule has 0 aromatic heterocycles. The first-order valence-electron chi connectivity index (χ1n) is 5.78. The van der Waals surface area contributed by atoms with E-state index in [1.807, 2.05) is 0 Å². The third-order valence-electron chi connectivity index (χ3n) is 2.69. The van der Waals surface area contributed by atoms with E-state index < -0.39 is 11.6 Å². The molecule has 0 aliphatic carbocycles. The Morgan fingerprint density at radius 2 is 1.40 bits per heavy atom. The van der Waals surface area contributed by atoms with Crippen molar-refractivity contribution < 1.29 is 18.3 Å². The topological polar surface area (TPSA) is 56.5 Å². The van der Waals surface area contributed by atoms with Crippen LogP contribution in [0.3, 0.4) is 0 Å². The molecule has 0 spiro atoms. The third-order valence-corrected chi connectivity index (χ3v) is 2.69. The van der Waals surface area contributed by atoms with E-state index in [1.165, 1.54) is 14.2 Å². The number of anilines is 3. The molecule has 2 aromatic rings. The number of methoxy groups -OCH3 is 2. The molecule has 6 heteroatoms. The van der Waals surface area contributed by atoms with Gasteiger partial charge in [-0.05, 0) is 12.1 Å². The maximum Gasteiger partial charge on any atom is 0.151 e. The Labute approximate surface area is 115 Å². The van der Waals surface area contributed by atoms with Gasteiger partial charge in [-0.3, -0.25) is 0 Å². The van der Waals surface area contributed by atoms with Crippen molar-refractivity contribution in [2.75, 3.05) is 25.3 Å². The van der Waals surface area contributed by atoms with E-state index in [4.69, 9.17) is 15.2 Å². The zero-order chi connectivity index (χ0) is 14.7. The quantitative estimate of drug-likeness (QED) is 0.844. The molecule has 4 nitrogen and oxygen atoms in total. The predicted octanol–water partition coefficient (Wildman–Crippen LogP) is 3.31. The van der Waals surface area contributed by atoms with Gasteiger partial charge >= 0.3 is 0 Å². The Morgan fingerprint density at radius 1 is 0.900 bits per heavy atom. The highest BCUT2D eigenvalue weighted by atomic mass is 19.1. The van der Waals surface area contributed by atoms with Crippen LogP contribution in [0.2, 0.25) is 0 Å². The van der Waals surface area contributed by atoms with E-state index in [2.05, 4.69) is 5.32 Å². The molecule has 0 amide bonds. The summed E-state index contributed by atoms with van der Waals surface area (Å²) >= 11 is 0. The lowest BCUT2D eigenvalue weighted by atomic mass is 10.2. The molecule has 0 fully saturated rings. The van der Waals surface area contributed by atoms with E-state index in [9.17, 15) is 8.78 Å². The van der Waals surface area contributed by atoms with Crippen LogP contribution in [0, 0.1) is 11.6 Å². The average Bonchev–Trinajstić information content (AvgIpc) is 2.42. The molecule has 0 aliphatic rings. The lowest BCUT2D eigenvalue weighted by Gasteiger charge is -2.12. The van der Waals surface area contributed by atoms with Crippen molar-refractivity contribution in [3.63, 3.8) is 0 Å². The van der Waals surface area contributed by atoms with Crippen molar-refractivity contribution in [3.8, 4) is 11.5 Å². The van der Waals surface area contributed by atoms with Crippen LogP contribution < -0.4 is 20.5 Å².